The lowest BCUT2D eigenvalue weighted by Gasteiger charge is -2.14. The van der Waals surface area contributed by atoms with Crippen molar-refractivity contribution in [1.29, 1.82) is 0 Å². The first-order chi connectivity index (χ1) is 8.71. The van der Waals surface area contributed by atoms with Gasteiger partial charge in [-0.3, -0.25) is 4.79 Å². The van der Waals surface area contributed by atoms with Gasteiger partial charge < -0.3 is 10.1 Å². The molecule has 0 aliphatic carbocycles. The van der Waals surface area contributed by atoms with Crippen LogP contribution in [-0.2, 0) is 0 Å². The monoisotopic (exact) mass is 269 g/mol. The van der Waals surface area contributed by atoms with Crippen LogP contribution >= 0.6 is 11.6 Å². The number of amides is 1. The molecule has 1 rings (SSSR count). The summed E-state index contributed by atoms with van der Waals surface area (Å²) in [7, 11) is 1.60. The Morgan fingerprint density at radius 2 is 2.06 bits per heavy atom. The van der Waals surface area contributed by atoms with Crippen LogP contribution in [0, 0.1) is 5.92 Å². The Morgan fingerprint density at radius 1 is 1.39 bits per heavy atom. The number of methoxy groups -OCH3 is 1. The van der Waals surface area contributed by atoms with Gasteiger partial charge in [-0.25, -0.2) is 0 Å². The van der Waals surface area contributed by atoms with Crippen molar-refractivity contribution in [1.82, 2.24) is 5.32 Å². The minimum Gasteiger partial charge on any atom is -0.497 e. The summed E-state index contributed by atoms with van der Waals surface area (Å²) in [6.07, 6.45) is 1.95. The molecule has 0 bridgehead atoms. The molecule has 3 nitrogen and oxygen atoms in total. The van der Waals surface area contributed by atoms with Crippen LogP contribution < -0.4 is 10.1 Å². The maximum Gasteiger partial charge on any atom is 0.251 e. The molecular weight excluding hydrogens is 250 g/mol. The van der Waals surface area contributed by atoms with Crippen LogP contribution in [0.5, 0.6) is 5.75 Å². The van der Waals surface area contributed by atoms with Crippen molar-refractivity contribution >= 4 is 17.5 Å². The molecule has 100 valence electrons. The predicted octanol–water partition coefficient (Wildman–Crippen LogP) is 3.08. The summed E-state index contributed by atoms with van der Waals surface area (Å²) >= 11 is 5.71. The molecule has 1 N–H and O–H groups in total. The van der Waals surface area contributed by atoms with Crippen LogP contribution in [-0.4, -0.2) is 25.4 Å². The molecule has 0 aliphatic heterocycles. The van der Waals surface area contributed by atoms with Crippen molar-refractivity contribution in [3.8, 4) is 5.75 Å². The van der Waals surface area contributed by atoms with Gasteiger partial charge in [0.25, 0.3) is 5.91 Å². The summed E-state index contributed by atoms with van der Waals surface area (Å²) in [5, 5.41) is 2.93. The van der Waals surface area contributed by atoms with Crippen LogP contribution in [0.25, 0.3) is 0 Å². The summed E-state index contributed by atoms with van der Waals surface area (Å²) < 4.78 is 5.05. The first-order valence-corrected chi connectivity index (χ1v) is 6.73. The molecule has 1 amide bonds. The third-order valence-corrected chi connectivity index (χ3v) is 3.22. The minimum atomic E-state index is -0.0503. The molecule has 1 atom stereocenters. The second kappa shape index (κ2) is 7.98. The van der Waals surface area contributed by atoms with Crippen LogP contribution in [0.2, 0.25) is 0 Å². The minimum absolute atomic E-state index is 0.0503. The highest BCUT2D eigenvalue weighted by Crippen LogP contribution is 2.12. The Morgan fingerprint density at radius 3 is 2.56 bits per heavy atom. The molecule has 4 heteroatoms. The van der Waals surface area contributed by atoms with Crippen molar-refractivity contribution in [2.45, 2.75) is 19.8 Å². The first-order valence-electron chi connectivity index (χ1n) is 6.19. The molecule has 0 spiro atoms. The quantitative estimate of drug-likeness (QED) is 0.773. The van der Waals surface area contributed by atoms with Gasteiger partial charge in [0.05, 0.1) is 7.11 Å². The Balaban J connectivity index is 2.48. The number of hydrogen-bond acceptors (Lipinski definition) is 2. The number of alkyl halides is 1. The van der Waals surface area contributed by atoms with Crippen molar-refractivity contribution < 1.29 is 9.53 Å². The van der Waals surface area contributed by atoms with E-state index in [1.807, 2.05) is 0 Å². The lowest BCUT2D eigenvalue weighted by molar-refractivity contribution is 0.0946. The fourth-order valence-corrected chi connectivity index (χ4v) is 1.99. The maximum absolute atomic E-state index is 11.9. The van der Waals surface area contributed by atoms with Crippen molar-refractivity contribution in [3.05, 3.63) is 29.8 Å². The highest BCUT2D eigenvalue weighted by molar-refractivity contribution is 6.17. The number of carbonyl (C=O) groups is 1. The van der Waals surface area contributed by atoms with Crippen LogP contribution in [0.4, 0.5) is 0 Å². The van der Waals surface area contributed by atoms with E-state index in [9.17, 15) is 4.79 Å². The zero-order chi connectivity index (χ0) is 13.4. The molecule has 0 fully saturated rings. The first kappa shape index (κ1) is 14.8. The number of benzene rings is 1. The molecular formula is C14H20ClNO2. The number of hydrogen-bond donors (Lipinski definition) is 1. The molecule has 18 heavy (non-hydrogen) atoms. The smallest absolute Gasteiger partial charge is 0.251 e. The van der Waals surface area contributed by atoms with Gasteiger partial charge in [0, 0.05) is 18.0 Å². The largest absolute Gasteiger partial charge is 0.497 e. The zero-order valence-corrected chi connectivity index (χ0v) is 11.7. The number of nitrogens with one attached hydrogen (secondary N) is 1. The van der Waals surface area contributed by atoms with E-state index in [4.69, 9.17) is 16.3 Å². The van der Waals surface area contributed by atoms with E-state index in [1.165, 1.54) is 0 Å². The second-order valence-corrected chi connectivity index (χ2v) is 4.57. The number of rotatable bonds is 7. The van der Waals surface area contributed by atoms with E-state index in [0.717, 1.165) is 18.6 Å². The van der Waals surface area contributed by atoms with Gasteiger partial charge in [-0.2, -0.15) is 0 Å². The van der Waals surface area contributed by atoms with Crippen LogP contribution in [0.3, 0.4) is 0 Å². The standard InChI is InChI=1S/C14H20ClNO2/c1-3-11(8-9-15)10-16-14(17)12-4-6-13(18-2)7-5-12/h4-7,11H,3,8-10H2,1-2H3,(H,16,17). The Labute approximate surface area is 113 Å². The summed E-state index contributed by atoms with van der Waals surface area (Å²) in [5.74, 6) is 1.78. The molecule has 0 aromatic heterocycles. The fraction of sp³-hybridized carbons (Fsp3) is 0.500. The van der Waals surface area contributed by atoms with E-state index in [1.54, 1.807) is 31.4 Å². The molecule has 0 aliphatic rings. The summed E-state index contributed by atoms with van der Waals surface area (Å²) in [6, 6.07) is 7.09. The molecule has 1 unspecified atom stereocenters. The van der Waals surface area contributed by atoms with E-state index in [0.29, 0.717) is 23.9 Å². The number of halogens is 1. The molecule has 1 aromatic carbocycles. The number of carbonyl (C=O) groups excluding carboxylic acids is 1. The van der Waals surface area contributed by atoms with E-state index < -0.39 is 0 Å². The van der Waals surface area contributed by atoms with Crippen LogP contribution in [0.15, 0.2) is 24.3 Å². The molecule has 1 aromatic rings. The van der Waals surface area contributed by atoms with Crippen LogP contribution in [0.1, 0.15) is 30.1 Å². The normalized spacial score (nSPS) is 11.9. The molecule has 0 saturated carbocycles. The lowest BCUT2D eigenvalue weighted by Crippen LogP contribution is -2.29. The topological polar surface area (TPSA) is 38.3 Å². The third kappa shape index (κ3) is 4.57. The van der Waals surface area contributed by atoms with E-state index >= 15 is 0 Å². The zero-order valence-electron chi connectivity index (χ0n) is 10.9. The summed E-state index contributed by atoms with van der Waals surface area (Å²) in [4.78, 5) is 11.9. The molecule has 0 radical (unpaired) electrons. The second-order valence-electron chi connectivity index (χ2n) is 4.19. The molecule has 0 heterocycles. The van der Waals surface area contributed by atoms with Crippen molar-refractivity contribution in [3.63, 3.8) is 0 Å². The summed E-state index contributed by atoms with van der Waals surface area (Å²) in [6.45, 7) is 2.78. The van der Waals surface area contributed by atoms with E-state index in [2.05, 4.69) is 12.2 Å². The molecule has 0 saturated heterocycles. The highest BCUT2D eigenvalue weighted by atomic mass is 35.5. The Bertz CT molecular complexity index is 365. The third-order valence-electron chi connectivity index (χ3n) is 3.00. The van der Waals surface area contributed by atoms with Gasteiger partial charge >= 0.3 is 0 Å². The lowest BCUT2D eigenvalue weighted by atomic mass is 10.0. The van der Waals surface area contributed by atoms with Gasteiger partial charge in [0.1, 0.15) is 5.75 Å². The van der Waals surface area contributed by atoms with Gasteiger partial charge in [0.15, 0.2) is 0 Å². The van der Waals surface area contributed by atoms with Crippen molar-refractivity contribution in [2.24, 2.45) is 5.92 Å². The SMILES string of the molecule is CCC(CCCl)CNC(=O)c1ccc(OC)cc1. The van der Waals surface area contributed by atoms with Gasteiger partial charge in [0.2, 0.25) is 0 Å². The average molecular weight is 270 g/mol. The average Bonchev–Trinajstić information content (AvgIpc) is 2.43. The number of ether oxygens (including phenoxy) is 1. The fourth-order valence-electron chi connectivity index (χ4n) is 1.69. The highest BCUT2D eigenvalue weighted by Gasteiger charge is 2.09. The summed E-state index contributed by atoms with van der Waals surface area (Å²) in [5.41, 5.74) is 0.650. The predicted molar refractivity (Wildman–Crippen MR) is 74.4 cm³/mol. The van der Waals surface area contributed by atoms with Gasteiger partial charge in [-0.1, -0.05) is 13.3 Å². The van der Waals surface area contributed by atoms with Crippen molar-refractivity contribution in [2.75, 3.05) is 19.5 Å². The van der Waals surface area contributed by atoms with Gasteiger partial charge in [-0.05, 0) is 36.6 Å². The van der Waals surface area contributed by atoms with E-state index in [-0.39, 0.29) is 5.91 Å². The maximum atomic E-state index is 11.9. The Kier molecular flexibility index (Phi) is 6.58. The Hall–Kier alpha value is -1.22. The van der Waals surface area contributed by atoms with Gasteiger partial charge in [-0.15, -0.1) is 11.6 Å².